The van der Waals surface area contributed by atoms with Gasteiger partial charge >= 0.3 is 6.18 Å². The second-order valence-corrected chi connectivity index (χ2v) is 10.2. The van der Waals surface area contributed by atoms with Crippen molar-refractivity contribution < 1.29 is 21.6 Å². The van der Waals surface area contributed by atoms with Crippen molar-refractivity contribution in [2.75, 3.05) is 0 Å². The van der Waals surface area contributed by atoms with E-state index in [1.807, 2.05) is 0 Å². The van der Waals surface area contributed by atoms with Gasteiger partial charge in [0.15, 0.2) is 5.69 Å². The van der Waals surface area contributed by atoms with Gasteiger partial charge in [-0.25, -0.2) is 18.2 Å². The van der Waals surface area contributed by atoms with Crippen molar-refractivity contribution in [3.8, 4) is 16.8 Å². The van der Waals surface area contributed by atoms with E-state index in [-0.39, 0.29) is 23.0 Å². The molecule has 0 saturated carbocycles. The van der Waals surface area contributed by atoms with Gasteiger partial charge in [-0.3, -0.25) is 5.41 Å². The lowest BCUT2D eigenvalue weighted by Gasteiger charge is -2.11. The molecule has 0 fully saturated rings. The lowest BCUT2D eigenvalue weighted by Crippen LogP contribution is -2.13. The molecule has 5 N–H and O–H groups in total. The predicted octanol–water partition coefficient (Wildman–Crippen LogP) is 4.49. The van der Waals surface area contributed by atoms with Gasteiger partial charge in [-0.15, -0.1) is 0 Å². The summed E-state index contributed by atoms with van der Waals surface area (Å²) in [6.07, 6.45) is -2.92. The van der Waals surface area contributed by atoms with Crippen LogP contribution in [0.1, 0.15) is 17.0 Å². The summed E-state index contributed by atoms with van der Waals surface area (Å²) < 4.78 is 67.8. The van der Waals surface area contributed by atoms with Gasteiger partial charge in [0, 0.05) is 28.2 Å². The number of alkyl halides is 3. The Kier molecular flexibility index (Phi) is 6.08. The van der Waals surface area contributed by atoms with Crippen LogP contribution >= 0.6 is 0 Å². The normalized spacial score (nSPS) is 12.2. The number of hydrogen-bond acceptors (Lipinski definition) is 4. The molecule has 0 unspecified atom stereocenters. The Morgan fingerprint density at radius 2 is 1.74 bits per heavy atom. The maximum Gasteiger partial charge on any atom is 0.435 e. The molecule has 0 aliphatic heterocycles. The Hall–Kier alpha value is -4.42. The van der Waals surface area contributed by atoms with Crippen LogP contribution in [0.5, 0.6) is 0 Å². The quantitative estimate of drug-likeness (QED) is 0.217. The maximum absolute atomic E-state index is 13.6. The van der Waals surface area contributed by atoms with Gasteiger partial charge in [0.05, 0.1) is 22.8 Å². The number of nitrogens with zero attached hydrogens (tertiary/aromatic N) is 3. The molecule has 0 atom stereocenters. The molecule has 0 aliphatic carbocycles. The van der Waals surface area contributed by atoms with Crippen molar-refractivity contribution in [2.45, 2.75) is 17.6 Å². The summed E-state index contributed by atoms with van der Waals surface area (Å²) in [4.78, 5) is -0.00449. The molecule has 0 bridgehead atoms. The highest BCUT2D eigenvalue weighted by molar-refractivity contribution is 7.89. The molecule has 2 heterocycles. The standard InChI is InChI=1S/C26H21F3N6O2S/c27-26(28,29)24-14-20(35(33-24)19-5-3-4-18(13-19)25(30)31)15-34-11-10-17-12-16(8-9-22(17)34)21-6-1-2-7-23(21)38(32,36)37/h1-14H,15H2,(H3,30,31)(H2,32,36,37). The third-order valence-corrected chi connectivity index (χ3v) is 7.05. The molecule has 5 rings (SSSR count). The van der Waals surface area contributed by atoms with E-state index < -0.39 is 21.9 Å². The number of rotatable bonds is 6. The number of nitrogens with two attached hydrogens (primary N) is 2. The monoisotopic (exact) mass is 538 g/mol. The molecule has 3 aromatic carbocycles. The number of benzene rings is 3. The minimum Gasteiger partial charge on any atom is -0.384 e. The highest BCUT2D eigenvalue weighted by atomic mass is 32.2. The van der Waals surface area contributed by atoms with E-state index in [0.717, 1.165) is 17.0 Å². The fourth-order valence-corrected chi connectivity index (χ4v) is 5.09. The second-order valence-electron chi connectivity index (χ2n) is 8.65. The van der Waals surface area contributed by atoms with Gasteiger partial charge in [-0.05, 0) is 48.0 Å². The minimum atomic E-state index is -4.65. The summed E-state index contributed by atoms with van der Waals surface area (Å²) in [6, 6.07) is 20.7. The van der Waals surface area contributed by atoms with Crippen LogP contribution < -0.4 is 10.9 Å². The Morgan fingerprint density at radius 3 is 2.45 bits per heavy atom. The summed E-state index contributed by atoms with van der Waals surface area (Å²) >= 11 is 0. The fourth-order valence-electron chi connectivity index (χ4n) is 4.33. The predicted molar refractivity (Wildman–Crippen MR) is 137 cm³/mol. The number of nitrogen functional groups attached to an aromatic ring is 1. The van der Waals surface area contributed by atoms with E-state index >= 15 is 0 Å². The van der Waals surface area contributed by atoms with Crippen molar-refractivity contribution in [3.63, 3.8) is 0 Å². The zero-order chi connectivity index (χ0) is 27.2. The van der Waals surface area contributed by atoms with Crippen molar-refractivity contribution in [3.05, 3.63) is 102 Å². The molecule has 194 valence electrons. The zero-order valence-electron chi connectivity index (χ0n) is 19.6. The number of amidine groups is 1. The number of nitrogens with one attached hydrogen (secondary N) is 1. The molecule has 0 saturated heterocycles. The molecular weight excluding hydrogens is 517 g/mol. The maximum atomic E-state index is 13.6. The molecule has 38 heavy (non-hydrogen) atoms. The summed E-state index contributed by atoms with van der Waals surface area (Å²) in [5.41, 5.74) is 7.27. The lowest BCUT2D eigenvalue weighted by atomic mass is 10.0. The van der Waals surface area contributed by atoms with Crippen molar-refractivity contribution in [1.82, 2.24) is 14.3 Å². The Labute approximate surface area is 215 Å². The topological polar surface area (TPSA) is 133 Å². The molecular formula is C26H21F3N6O2S. The first kappa shape index (κ1) is 25.2. The van der Waals surface area contributed by atoms with Crippen molar-refractivity contribution in [2.24, 2.45) is 10.9 Å². The molecule has 0 aliphatic rings. The number of halogens is 3. The minimum absolute atomic E-state index is 0.00449. The Balaban J connectivity index is 1.57. The molecule has 2 aromatic heterocycles. The third kappa shape index (κ3) is 4.78. The van der Waals surface area contributed by atoms with E-state index in [2.05, 4.69) is 5.10 Å². The SMILES string of the molecule is N=C(N)c1cccc(-n2nc(C(F)(F)F)cc2Cn2ccc3cc(-c4ccccc4S(N)(=O)=O)ccc32)c1. The van der Waals surface area contributed by atoms with Gasteiger partial charge in [-0.1, -0.05) is 36.4 Å². The molecule has 0 amide bonds. The van der Waals surface area contributed by atoms with Crippen LogP contribution in [0, 0.1) is 5.41 Å². The first-order valence-electron chi connectivity index (χ1n) is 11.2. The summed E-state index contributed by atoms with van der Waals surface area (Å²) in [5.74, 6) is -0.215. The van der Waals surface area contributed by atoms with Crippen LogP contribution in [0.3, 0.4) is 0 Å². The van der Waals surface area contributed by atoms with E-state index in [1.165, 1.54) is 16.8 Å². The highest BCUT2D eigenvalue weighted by Crippen LogP contribution is 2.32. The molecule has 8 nitrogen and oxygen atoms in total. The highest BCUT2D eigenvalue weighted by Gasteiger charge is 2.35. The zero-order valence-corrected chi connectivity index (χ0v) is 20.5. The van der Waals surface area contributed by atoms with E-state index in [0.29, 0.717) is 22.4 Å². The van der Waals surface area contributed by atoms with E-state index in [9.17, 15) is 21.6 Å². The molecule has 0 spiro atoms. The van der Waals surface area contributed by atoms with Gasteiger partial charge in [0.25, 0.3) is 0 Å². The molecule has 5 aromatic rings. The summed E-state index contributed by atoms with van der Waals surface area (Å²) in [7, 11) is -3.95. The van der Waals surface area contributed by atoms with Crippen LogP contribution in [0.2, 0.25) is 0 Å². The Morgan fingerprint density at radius 1 is 0.974 bits per heavy atom. The van der Waals surface area contributed by atoms with Crippen LogP contribution in [-0.4, -0.2) is 28.6 Å². The average Bonchev–Trinajstić information content (AvgIpc) is 3.48. The van der Waals surface area contributed by atoms with Gasteiger partial charge in [-0.2, -0.15) is 18.3 Å². The largest absolute Gasteiger partial charge is 0.435 e. The first-order valence-corrected chi connectivity index (χ1v) is 12.8. The van der Waals surface area contributed by atoms with E-state index in [1.54, 1.807) is 71.4 Å². The first-order chi connectivity index (χ1) is 17.9. The Bertz CT molecular complexity index is 1810. The second kappa shape index (κ2) is 9.15. The van der Waals surface area contributed by atoms with Crippen LogP contribution in [0.25, 0.3) is 27.7 Å². The fraction of sp³-hybridized carbons (Fsp3) is 0.0769. The molecule has 0 radical (unpaired) electrons. The van der Waals surface area contributed by atoms with E-state index in [4.69, 9.17) is 16.3 Å². The summed E-state index contributed by atoms with van der Waals surface area (Å²) in [6.45, 7) is 0.0595. The number of fused-ring (bicyclic) bond motifs is 1. The van der Waals surface area contributed by atoms with Crippen molar-refractivity contribution >= 4 is 26.8 Å². The lowest BCUT2D eigenvalue weighted by molar-refractivity contribution is -0.141. The van der Waals surface area contributed by atoms with Crippen molar-refractivity contribution in [1.29, 1.82) is 5.41 Å². The van der Waals surface area contributed by atoms with Gasteiger partial charge in [0.1, 0.15) is 5.84 Å². The smallest absolute Gasteiger partial charge is 0.384 e. The van der Waals surface area contributed by atoms with Crippen LogP contribution in [-0.2, 0) is 22.7 Å². The van der Waals surface area contributed by atoms with Gasteiger partial charge < -0.3 is 10.3 Å². The summed E-state index contributed by atoms with van der Waals surface area (Å²) in [5, 5.41) is 17.6. The third-order valence-electron chi connectivity index (χ3n) is 6.08. The number of sulfonamides is 1. The number of aromatic nitrogens is 3. The van der Waals surface area contributed by atoms with Gasteiger partial charge in [0.2, 0.25) is 10.0 Å². The average molecular weight is 539 g/mol. The van der Waals surface area contributed by atoms with Crippen LogP contribution in [0.4, 0.5) is 13.2 Å². The molecule has 12 heteroatoms. The van der Waals surface area contributed by atoms with Crippen LogP contribution in [0.15, 0.2) is 90.0 Å². The number of hydrogen-bond donors (Lipinski definition) is 3. The number of primary sulfonamides is 1.